The van der Waals surface area contributed by atoms with Gasteiger partial charge in [-0.05, 0) is 70.0 Å². The lowest BCUT2D eigenvalue weighted by molar-refractivity contribution is -0.128. The van der Waals surface area contributed by atoms with Crippen molar-refractivity contribution in [2.75, 3.05) is 0 Å². The Morgan fingerprint density at radius 1 is 1.18 bits per heavy atom. The minimum absolute atomic E-state index is 0.376. The molecule has 0 saturated carbocycles. The third kappa shape index (κ3) is 5.75. The van der Waals surface area contributed by atoms with Crippen LogP contribution in [0.2, 0.25) is 0 Å². The van der Waals surface area contributed by atoms with Crippen LogP contribution in [0.1, 0.15) is 21.7 Å². The van der Waals surface area contributed by atoms with Gasteiger partial charge in [0.25, 0.3) is 5.91 Å². The normalized spacial score (nSPS) is 11.0. The van der Waals surface area contributed by atoms with Crippen LogP contribution in [0, 0.1) is 0 Å². The molecule has 0 fully saturated rings. The molecule has 2 heterocycles. The average Bonchev–Trinajstić information content (AvgIpc) is 3.21. The van der Waals surface area contributed by atoms with E-state index in [0.29, 0.717) is 21.5 Å². The first-order valence-electron chi connectivity index (χ1n) is 8.07. The van der Waals surface area contributed by atoms with Gasteiger partial charge in [0, 0.05) is 22.9 Å². The number of nitrogens with zero attached hydrogens (tertiary/aromatic N) is 2. The molecule has 0 saturated heterocycles. The van der Waals surface area contributed by atoms with Gasteiger partial charge in [0.1, 0.15) is 11.5 Å². The summed E-state index contributed by atoms with van der Waals surface area (Å²) in [5, 5.41) is 3.90. The Balaban J connectivity index is 1.51. The molecule has 1 N–H and O–H groups in total. The van der Waals surface area contributed by atoms with Crippen LogP contribution in [0.5, 0.6) is 5.75 Å². The lowest BCUT2D eigenvalue weighted by Gasteiger charge is -2.02. The van der Waals surface area contributed by atoms with Crippen LogP contribution in [-0.2, 0) is 4.79 Å². The highest BCUT2D eigenvalue weighted by atomic mass is 79.9. The molecule has 0 unspecified atom stereocenters. The third-order valence-corrected chi connectivity index (χ3v) is 3.81. The molecular formula is C20H14BrN3O4. The highest BCUT2D eigenvalue weighted by Crippen LogP contribution is 2.12. The lowest BCUT2D eigenvalue weighted by Crippen LogP contribution is -2.17. The number of furan rings is 1. The summed E-state index contributed by atoms with van der Waals surface area (Å²) in [4.78, 5) is 27.6. The van der Waals surface area contributed by atoms with Crippen molar-refractivity contribution in [3.8, 4) is 5.75 Å². The molecular weight excluding hydrogens is 426 g/mol. The van der Waals surface area contributed by atoms with Crippen LogP contribution in [-0.4, -0.2) is 23.1 Å². The number of amides is 1. The highest BCUT2D eigenvalue weighted by Gasteiger charge is 2.05. The number of benzene rings is 1. The predicted octanol–water partition coefficient (Wildman–Crippen LogP) is 3.82. The summed E-state index contributed by atoms with van der Waals surface area (Å²) in [6.45, 7) is 0. The standard InChI is InChI=1S/C20H14BrN3O4/c21-16-10-15(12-22-13-16)20(26)24-23-11-14-3-5-18(6-4-14)28-19(25)8-7-17-2-1-9-27-17/h1-13H,(H,24,26)/b8-7+,23-11-. The molecule has 0 aliphatic carbocycles. The van der Waals surface area contributed by atoms with Crippen LogP contribution < -0.4 is 10.2 Å². The van der Waals surface area contributed by atoms with Gasteiger partial charge >= 0.3 is 5.97 Å². The number of carbonyl (C=O) groups is 2. The topological polar surface area (TPSA) is 93.8 Å². The number of rotatable bonds is 6. The number of ether oxygens (including phenoxy) is 1. The molecule has 0 bridgehead atoms. The van der Waals surface area contributed by atoms with Crippen molar-refractivity contribution < 1.29 is 18.7 Å². The Kier molecular flexibility index (Phi) is 6.48. The Labute approximate surface area is 168 Å². The molecule has 0 spiro atoms. The molecule has 7 nitrogen and oxygen atoms in total. The summed E-state index contributed by atoms with van der Waals surface area (Å²) in [5.41, 5.74) is 3.52. The predicted molar refractivity (Wildman–Crippen MR) is 107 cm³/mol. The monoisotopic (exact) mass is 439 g/mol. The van der Waals surface area contributed by atoms with E-state index in [1.54, 1.807) is 48.7 Å². The zero-order valence-electron chi connectivity index (χ0n) is 14.4. The third-order valence-electron chi connectivity index (χ3n) is 3.37. The Morgan fingerprint density at radius 3 is 2.71 bits per heavy atom. The first-order valence-corrected chi connectivity index (χ1v) is 8.87. The second kappa shape index (κ2) is 9.43. The Bertz CT molecular complexity index is 1010. The van der Waals surface area contributed by atoms with E-state index in [-0.39, 0.29) is 5.91 Å². The van der Waals surface area contributed by atoms with Gasteiger partial charge in [-0.1, -0.05) is 0 Å². The van der Waals surface area contributed by atoms with Gasteiger partial charge in [0.15, 0.2) is 0 Å². The molecule has 140 valence electrons. The van der Waals surface area contributed by atoms with Gasteiger partial charge in [-0.25, -0.2) is 10.2 Å². The minimum Gasteiger partial charge on any atom is -0.465 e. The maximum atomic E-state index is 12.0. The number of pyridine rings is 1. The quantitative estimate of drug-likeness (QED) is 0.207. The summed E-state index contributed by atoms with van der Waals surface area (Å²) in [5.74, 6) is 0.0475. The van der Waals surface area contributed by atoms with E-state index in [4.69, 9.17) is 9.15 Å². The van der Waals surface area contributed by atoms with E-state index in [1.165, 1.54) is 30.8 Å². The molecule has 0 radical (unpaired) electrons. The van der Waals surface area contributed by atoms with Crippen LogP contribution in [0.15, 0.2) is 81.2 Å². The average molecular weight is 440 g/mol. The number of esters is 1. The first kappa shape index (κ1) is 19.2. The summed E-state index contributed by atoms with van der Waals surface area (Å²) < 4.78 is 11.0. The van der Waals surface area contributed by atoms with Crippen LogP contribution in [0.25, 0.3) is 6.08 Å². The fraction of sp³-hybridized carbons (Fsp3) is 0. The molecule has 0 aliphatic rings. The zero-order chi connectivity index (χ0) is 19.8. The smallest absolute Gasteiger partial charge is 0.336 e. The Hall–Kier alpha value is -3.52. The second-order valence-corrected chi connectivity index (χ2v) is 6.35. The van der Waals surface area contributed by atoms with E-state index in [0.717, 1.165) is 5.56 Å². The van der Waals surface area contributed by atoms with Crippen molar-refractivity contribution >= 4 is 40.1 Å². The lowest BCUT2D eigenvalue weighted by atomic mass is 10.2. The molecule has 0 atom stereocenters. The summed E-state index contributed by atoms with van der Waals surface area (Å²) in [7, 11) is 0. The summed E-state index contributed by atoms with van der Waals surface area (Å²) >= 11 is 3.25. The van der Waals surface area contributed by atoms with Crippen molar-refractivity contribution in [2.24, 2.45) is 5.10 Å². The second-order valence-electron chi connectivity index (χ2n) is 5.43. The number of hydrogen-bond donors (Lipinski definition) is 1. The number of hydrogen-bond acceptors (Lipinski definition) is 6. The van der Waals surface area contributed by atoms with Crippen molar-refractivity contribution in [3.05, 3.63) is 88.6 Å². The molecule has 3 aromatic rings. The minimum atomic E-state index is -0.521. The Morgan fingerprint density at radius 2 is 2.00 bits per heavy atom. The van der Waals surface area contributed by atoms with E-state index < -0.39 is 5.97 Å². The van der Waals surface area contributed by atoms with E-state index >= 15 is 0 Å². The first-order chi connectivity index (χ1) is 13.6. The maximum absolute atomic E-state index is 12.0. The van der Waals surface area contributed by atoms with Crippen LogP contribution in [0.4, 0.5) is 0 Å². The van der Waals surface area contributed by atoms with Gasteiger partial charge in [-0.2, -0.15) is 5.10 Å². The van der Waals surface area contributed by atoms with Gasteiger partial charge in [-0.15, -0.1) is 0 Å². The number of carbonyl (C=O) groups excluding carboxylic acids is 2. The number of hydrazone groups is 1. The molecule has 0 aliphatic heterocycles. The fourth-order valence-electron chi connectivity index (χ4n) is 2.07. The van der Waals surface area contributed by atoms with Crippen molar-refractivity contribution in [1.29, 1.82) is 0 Å². The van der Waals surface area contributed by atoms with Crippen molar-refractivity contribution in [1.82, 2.24) is 10.4 Å². The number of halogens is 1. The molecule has 28 heavy (non-hydrogen) atoms. The highest BCUT2D eigenvalue weighted by molar-refractivity contribution is 9.10. The molecule has 1 amide bonds. The summed E-state index contributed by atoms with van der Waals surface area (Å²) in [6, 6.07) is 11.7. The largest absolute Gasteiger partial charge is 0.465 e. The van der Waals surface area contributed by atoms with E-state index in [9.17, 15) is 9.59 Å². The van der Waals surface area contributed by atoms with Crippen LogP contribution >= 0.6 is 15.9 Å². The van der Waals surface area contributed by atoms with Gasteiger partial charge in [0.05, 0.1) is 18.0 Å². The fourth-order valence-corrected chi connectivity index (χ4v) is 2.44. The van der Waals surface area contributed by atoms with Gasteiger partial charge < -0.3 is 9.15 Å². The van der Waals surface area contributed by atoms with Crippen molar-refractivity contribution in [3.63, 3.8) is 0 Å². The van der Waals surface area contributed by atoms with E-state index in [2.05, 4.69) is 31.4 Å². The SMILES string of the molecule is O=C(/C=C/c1ccco1)Oc1ccc(/C=N\NC(=O)c2cncc(Br)c2)cc1. The van der Waals surface area contributed by atoms with Gasteiger partial charge in [-0.3, -0.25) is 9.78 Å². The van der Waals surface area contributed by atoms with E-state index in [1.807, 2.05) is 0 Å². The van der Waals surface area contributed by atoms with Crippen LogP contribution in [0.3, 0.4) is 0 Å². The maximum Gasteiger partial charge on any atom is 0.336 e. The van der Waals surface area contributed by atoms with Crippen molar-refractivity contribution in [2.45, 2.75) is 0 Å². The number of nitrogens with one attached hydrogen (secondary N) is 1. The molecule has 1 aromatic carbocycles. The van der Waals surface area contributed by atoms with Gasteiger partial charge in [0.2, 0.25) is 0 Å². The molecule has 8 heteroatoms. The number of aromatic nitrogens is 1. The zero-order valence-corrected chi connectivity index (χ0v) is 16.0. The molecule has 2 aromatic heterocycles. The summed E-state index contributed by atoms with van der Waals surface area (Å²) in [6.07, 6.45) is 8.82. The molecule has 3 rings (SSSR count).